The standard InChI is InChI=1S/C16H27NO2/c1-3-17-14(2)15-8-10-16(11-9-15)19-13-7-5-4-6-12-18/h8-11,14,17-18H,3-7,12-13H2,1-2H3. The van der Waals surface area contributed by atoms with Crippen LogP contribution in [0.25, 0.3) is 0 Å². The van der Waals surface area contributed by atoms with Gasteiger partial charge in [-0.05, 0) is 50.4 Å². The van der Waals surface area contributed by atoms with Crippen molar-refractivity contribution in [1.29, 1.82) is 0 Å². The van der Waals surface area contributed by atoms with Crippen LogP contribution in [0, 0.1) is 0 Å². The highest BCUT2D eigenvalue weighted by molar-refractivity contribution is 5.28. The summed E-state index contributed by atoms with van der Waals surface area (Å²) in [4.78, 5) is 0. The van der Waals surface area contributed by atoms with Gasteiger partial charge in [0, 0.05) is 12.6 Å². The smallest absolute Gasteiger partial charge is 0.119 e. The molecule has 0 aliphatic rings. The first-order chi connectivity index (χ1) is 9.27. The van der Waals surface area contributed by atoms with Crippen LogP contribution in [0.2, 0.25) is 0 Å². The van der Waals surface area contributed by atoms with Crippen molar-refractivity contribution >= 4 is 0 Å². The first kappa shape index (κ1) is 16.0. The van der Waals surface area contributed by atoms with E-state index in [0.717, 1.165) is 44.6 Å². The molecule has 1 rings (SSSR count). The predicted octanol–water partition coefficient (Wildman–Crippen LogP) is 3.29. The number of rotatable bonds is 10. The van der Waals surface area contributed by atoms with Crippen LogP contribution in [0.3, 0.4) is 0 Å². The van der Waals surface area contributed by atoms with E-state index in [1.54, 1.807) is 0 Å². The average molecular weight is 265 g/mol. The van der Waals surface area contributed by atoms with E-state index in [1.165, 1.54) is 5.56 Å². The highest BCUT2D eigenvalue weighted by Crippen LogP contribution is 2.17. The zero-order chi connectivity index (χ0) is 13.9. The van der Waals surface area contributed by atoms with Crippen molar-refractivity contribution in [2.45, 2.75) is 45.6 Å². The number of hydrogen-bond acceptors (Lipinski definition) is 3. The van der Waals surface area contributed by atoms with Crippen molar-refractivity contribution < 1.29 is 9.84 Å². The van der Waals surface area contributed by atoms with Crippen LogP contribution in [0.4, 0.5) is 0 Å². The fourth-order valence-electron chi connectivity index (χ4n) is 2.03. The van der Waals surface area contributed by atoms with Crippen molar-refractivity contribution in [2.75, 3.05) is 19.8 Å². The molecule has 0 amide bonds. The van der Waals surface area contributed by atoms with Gasteiger partial charge >= 0.3 is 0 Å². The number of benzene rings is 1. The number of aliphatic hydroxyl groups is 1. The Morgan fingerprint density at radius 1 is 1.11 bits per heavy atom. The molecule has 1 aromatic carbocycles. The van der Waals surface area contributed by atoms with Gasteiger partial charge in [0.1, 0.15) is 5.75 Å². The maximum atomic E-state index is 8.67. The Hall–Kier alpha value is -1.06. The number of nitrogens with one attached hydrogen (secondary N) is 1. The van der Waals surface area contributed by atoms with E-state index in [-0.39, 0.29) is 0 Å². The zero-order valence-corrected chi connectivity index (χ0v) is 12.2. The molecule has 19 heavy (non-hydrogen) atoms. The third-order valence-corrected chi connectivity index (χ3v) is 3.21. The second-order valence-electron chi connectivity index (χ2n) is 4.83. The molecule has 0 aliphatic carbocycles. The minimum atomic E-state index is 0.298. The lowest BCUT2D eigenvalue weighted by molar-refractivity contribution is 0.273. The van der Waals surface area contributed by atoms with Crippen molar-refractivity contribution in [3.63, 3.8) is 0 Å². The Bertz CT molecular complexity index is 324. The summed E-state index contributed by atoms with van der Waals surface area (Å²) in [5.41, 5.74) is 1.29. The summed E-state index contributed by atoms with van der Waals surface area (Å²) in [7, 11) is 0. The number of unbranched alkanes of at least 4 members (excludes halogenated alkanes) is 3. The highest BCUT2D eigenvalue weighted by Gasteiger charge is 2.03. The first-order valence-corrected chi connectivity index (χ1v) is 7.35. The third-order valence-electron chi connectivity index (χ3n) is 3.21. The van der Waals surface area contributed by atoms with Gasteiger partial charge in [-0.1, -0.05) is 25.5 Å². The van der Waals surface area contributed by atoms with Gasteiger partial charge in [-0.2, -0.15) is 0 Å². The molecule has 2 N–H and O–H groups in total. The highest BCUT2D eigenvalue weighted by atomic mass is 16.5. The van der Waals surface area contributed by atoms with Gasteiger partial charge in [0.05, 0.1) is 6.61 Å². The fraction of sp³-hybridized carbons (Fsp3) is 0.625. The van der Waals surface area contributed by atoms with E-state index in [0.29, 0.717) is 12.6 Å². The quantitative estimate of drug-likeness (QED) is 0.638. The van der Waals surface area contributed by atoms with Crippen molar-refractivity contribution in [1.82, 2.24) is 5.32 Å². The Labute approximate surface area is 117 Å². The van der Waals surface area contributed by atoms with Crippen molar-refractivity contribution in [2.24, 2.45) is 0 Å². The summed E-state index contributed by atoms with van der Waals surface area (Å²) in [6.45, 7) is 6.32. The zero-order valence-electron chi connectivity index (χ0n) is 12.2. The number of ether oxygens (including phenoxy) is 1. The molecule has 0 bridgehead atoms. The minimum Gasteiger partial charge on any atom is -0.494 e. The molecule has 0 aliphatic heterocycles. The number of hydrogen-bond donors (Lipinski definition) is 2. The van der Waals surface area contributed by atoms with Gasteiger partial charge < -0.3 is 15.2 Å². The monoisotopic (exact) mass is 265 g/mol. The van der Waals surface area contributed by atoms with Crippen LogP contribution >= 0.6 is 0 Å². The molecular formula is C16H27NO2. The van der Waals surface area contributed by atoms with Crippen LogP contribution in [0.1, 0.15) is 51.1 Å². The number of aliphatic hydroxyl groups excluding tert-OH is 1. The topological polar surface area (TPSA) is 41.5 Å². The second-order valence-corrected chi connectivity index (χ2v) is 4.83. The van der Waals surface area contributed by atoms with Gasteiger partial charge in [-0.3, -0.25) is 0 Å². The summed E-state index contributed by atoms with van der Waals surface area (Å²) in [5, 5.41) is 12.1. The van der Waals surface area contributed by atoms with Gasteiger partial charge in [-0.15, -0.1) is 0 Å². The van der Waals surface area contributed by atoms with E-state index < -0.39 is 0 Å². The van der Waals surface area contributed by atoms with Crippen LogP contribution in [0.5, 0.6) is 5.75 Å². The molecule has 0 spiro atoms. The molecule has 0 radical (unpaired) electrons. The first-order valence-electron chi connectivity index (χ1n) is 7.35. The molecule has 3 heteroatoms. The third kappa shape index (κ3) is 6.60. The molecule has 0 saturated carbocycles. The SMILES string of the molecule is CCNC(C)c1ccc(OCCCCCCO)cc1. The largest absolute Gasteiger partial charge is 0.494 e. The van der Waals surface area contributed by atoms with E-state index in [1.807, 2.05) is 12.1 Å². The Balaban J connectivity index is 2.24. The van der Waals surface area contributed by atoms with Crippen LogP contribution < -0.4 is 10.1 Å². The average Bonchev–Trinajstić information content (AvgIpc) is 2.43. The van der Waals surface area contributed by atoms with Crippen LogP contribution in [0.15, 0.2) is 24.3 Å². The Morgan fingerprint density at radius 2 is 1.79 bits per heavy atom. The molecule has 3 nitrogen and oxygen atoms in total. The summed E-state index contributed by atoms with van der Waals surface area (Å²) in [6, 6.07) is 8.70. The summed E-state index contributed by atoms with van der Waals surface area (Å²) in [5.74, 6) is 0.939. The van der Waals surface area contributed by atoms with E-state index in [9.17, 15) is 0 Å². The summed E-state index contributed by atoms with van der Waals surface area (Å²) < 4.78 is 5.70. The fourth-order valence-corrected chi connectivity index (χ4v) is 2.03. The molecule has 108 valence electrons. The normalized spacial score (nSPS) is 12.4. The van der Waals surface area contributed by atoms with Gasteiger partial charge in [0.15, 0.2) is 0 Å². The lowest BCUT2D eigenvalue weighted by Gasteiger charge is -2.13. The second kappa shape index (κ2) is 9.82. The molecule has 0 aromatic heterocycles. The van der Waals surface area contributed by atoms with Gasteiger partial charge in [-0.25, -0.2) is 0 Å². The predicted molar refractivity (Wildman–Crippen MR) is 79.6 cm³/mol. The van der Waals surface area contributed by atoms with Crippen LogP contribution in [-0.4, -0.2) is 24.9 Å². The summed E-state index contributed by atoms with van der Waals surface area (Å²) in [6.07, 6.45) is 4.15. The minimum absolute atomic E-state index is 0.298. The van der Waals surface area contributed by atoms with Crippen molar-refractivity contribution in [3.05, 3.63) is 29.8 Å². The molecule has 0 fully saturated rings. The molecule has 0 saturated heterocycles. The van der Waals surface area contributed by atoms with Crippen LogP contribution in [-0.2, 0) is 0 Å². The molecular weight excluding hydrogens is 238 g/mol. The Morgan fingerprint density at radius 3 is 2.42 bits per heavy atom. The van der Waals surface area contributed by atoms with E-state index >= 15 is 0 Å². The van der Waals surface area contributed by atoms with E-state index in [4.69, 9.17) is 9.84 Å². The Kier molecular flexibility index (Phi) is 8.26. The summed E-state index contributed by atoms with van der Waals surface area (Å²) >= 11 is 0. The molecule has 1 unspecified atom stereocenters. The lowest BCUT2D eigenvalue weighted by atomic mass is 10.1. The lowest BCUT2D eigenvalue weighted by Crippen LogP contribution is -2.17. The molecule has 0 heterocycles. The molecule has 1 atom stereocenters. The maximum absolute atomic E-state index is 8.67. The van der Waals surface area contributed by atoms with Gasteiger partial charge in [0.25, 0.3) is 0 Å². The van der Waals surface area contributed by atoms with Crippen molar-refractivity contribution in [3.8, 4) is 5.75 Å². The van der Waals surface area contributed by atoms with Gasteiger partial charge in [0.2, 0.25) is 0 Å². The maximum Gasteiger partial charge on any atom is 0.119 e. The molecule has 1 aromatic rings. The van der Waals surface area contributed by atoms with E-state index in [2.05, 4.69) is 31.3 Å².